The molecule has 0 aliphatic heterocycles. The lowest BCUT2D eigenvalue weighted by atomic mass is 10.4. The van der Waals surface area contributed by atoms with Gasteiger partial charge in [0.25, 0.3) is 0 Å². The Morgan fingerprint density at radius 1 is 1.13 bits per heavy atom. The first-order chi connectivity index (χ1) is 7.18. The summed E-state index contributed by atoms with van der Waals surface area (Å²) in [6.45, 7) is 2.46. The monoisotopic (exact) mass is 246 g/mol. The van der Waals surface area contributed by atoms with Crippen LogP contribution in [0.3, 0.4) is 0 Å². The van der Waals surface area contributed by atoms with Crippen molar-refractivity contribution in [3.63, 3.8) is 0 Å². The van der Waals surface area contributed by atoms with Crippen molar-refractivity contribution in [3.8, 4) is 0 Å². The zero-order valence-electron chi connectivity index (χ0n) is 9.12. The summed E-state index contributed by atoms with van der Waals surface area (Å²) in [5, 5.41) is 1.60. The van der Waals surface area contributed by atoms with E-state index in [9.17, 15) is 0 Å². The predicted molar refractivity (Wildman–Crippen MR) is 62.5 cm³/mol. The van der Waals surface area contributed by atoms with Gasteiger partial charge in [0.05, 0.1) is 0 Å². The van der Waals surface area contributed by atoms with Gasteiger partial charge in [0, 0.05) is 31.0 Å². The molecule has 1 aromatic rings. The van der Waals surface area contributed by atoms with E-state index < -0.39 is 8.80 Å². The van der Waals surface area contributed by atoms with E-state index in [0.29, 0.717) is 11.6 Å². The van der Waals surface area contributed by atoms with Gasteiger partial charge in [0.15, 0.2) is 0 Å². The summed E-state index contributed by atoms with van der Waals surface area (Å²) in [6, 6.07) is 7.35. The highest BCUT2D eigenvalue weighted by atomic mass is 35.5. The maximum absolute atomic E-state index is 5.82. The largest absolute Gasteiger partial charge is 0.536 e. The van der Waals surface area contributed by atoms with Crippen LogP contribution in [0.4, 0.5) is 0 Å². The fourth-order valence-electron chi connectivity index (χ4n) is 1.36. The van der Waals surface area contributed by atoms with Crippen molar-refractivity contribution in [1.82, 2.24) is 0 Å². The fourth-order valence-corrected chi connectivity index (χ4v) is 3.49. The fraction of sp³-hybridized carbons (Fsp3) is 0.400. The van der Waals surface area contributed by atoms with Crippen LogP contribution in [-0.2, 0) is 13.3 Å². The van der Waals surface area contributed by atoms with E-state index >= 15 is 0 Å². The van der Waals surface area contributed by atoms with Crippen molar-refractivity contribution in [1.29, 1.82) is 0 Å². The molecular weight excluding hydrogens is 232 g/mol. The van der Waals surface area contributed by atoms with Gasteiger partial charge in [-0.25, -0.2) is 0 Å². The first-order valence-electron chi connectivity index (χ1n) is 4.69. The molecule has 0 atom stereocenters. The van der Waals surface area contributed by atoms with Gasteiger partial charge < -0.3 is 13.3 Å². The van der Waals surface area contributed by atoms with E-state index in [0.717, 1.165) is 5.19 Å². The molecule has 15 heavy (non-hydrogen) atoms. The number of benzene rings is 1. The van der Waals surface area contributed by atoms with Crippen LogP contribution >= 0.6 is 11.6 Å². The molecular formula is C10H15ClO3Si. The lowest BCUT2D eigenvalue weighted by molar-refractivity contribution is 0.120. The molecule has 0 heterocycles. The minimum Gasteiger partial charge on any atom is -0.373 e. The van der Waals surface area contributed by atoms with Crippen LogP contribution in [0.25, 0.3) is 0 Å². The van der Waals surface area contributed by atoms with E-state index in [2.05, 4.69) is 0 Å². The third-order valence-corrected chi connectivity index (χ3v) is 5.11. The van der Waals surface area contributed by atoms with Crippen LogP contribution in [0.5, 0.6) is 0 Å². The summed E-state index contributed by atoms with van der Waals surface area (Å²) >= 11 is 5.82. The Morgan fingerprint density at radius 2 is 1.67 bits per heavy atom. The van der Waals surface area contributed by atoms with Gasteiger partial charge in [0.1, 0.15) is 0 Å². The number of hydrogen-bond acceptors (Lipinski definition) is 3. The molecule has 0 bridgehead atoms. The van der Waals surface area contributed by atoms with Gasteiger partial charge in [-0.05, 0) is 19.1 Å². The van der Waals surface area contributed by atoms with Crippen molar-refractivity contribution < 1.29 is 13.3 Å². The molecule has 0 spiro atoms. The Labute approximate surface area is 96.3 Å². The van der Waals surface area contributed by atoms with E-state index in [1.54, 1.807) is 26.4 Å². The summed E-state index contributed by atoms with van der Waals surface area (Å²) in [4.78, 5) is 0. The molecule has 84 valence electrons. The molecule has 3 nitrogen and oxygen atoms in total. The van der Waals surface area contributed by atoms with Gasteiger partial charge >= 0.3 is 8.80 Å². The predicted octanol–water partition coefficient (Wildman–Crippen LogP) is 1.82. The van der Waals surface area contributed by atoms with Crippen molar-refractivity contribution in [2.24, 2.45) is 0 Å². The summed E-state index contributed by atoms with van der Waals surface area (Å²) in [6.07, 6.45) is 0. The molecule has 0 unspecified atom stereocenters. The van der Waals surface area contributed by atoms with Gasteiger partial charge in [-0.3, -0.25) is 0 Å². The molecule has 0 amide bonds. The Bertz CT molecular complexity index is 298. The molecule has 0 saturated heterocycles. The van der Waals surface area contributed by atoms with Gasteiger partial charge in [-0.1, -0.05) is 23.7 Å². The molecule has 0 N–H and O–H groups in total. The maximum Gasteiger partial charge on any atom is 0.536 e. The minimum atomic E-state index is -2.70. The summed E-state index contributed by atoms with van der Waals surface area (Å²) < 4.78 is 16.4. The van der Waals surface area contributed by atoms with E-state index in [1.165, 1.54) is 0 Å². The molecule has 0 aliphatic carbocycles. The zero-order chi connectivity index (χ0) is 11.3. The third-order valence-electron chi connectivity index (χ3n) is 2.07. The van der Waals surface area contributed by atoms with Gasteiger partial charge in [-0.15, -0.1) is 0 Å². The van der Waals surface area contributed by atoms with Crippen molar-refractivity contribution >= 4 is 25.6 Å². The van der Waals surface area contributed by atoms with Crippen molar-refractivity contribution in [3.05, 3.63) is 29.3 Å². The molecule has 1 aromatic carbocycles. The lowest BCUT2D eigenvalue weighted by Crippen LogP contribution is -2.55. The minimum absolute atomic E-state index is 0.552. The third kappa shape index (κ3) is 2.80. The number of hydrogen-bond donors (Lipinski definition) is 0. The lowest BCUT2D eigenvalue weighted by Gasteiger charge is -2.25. The Kier molecular flexibility index (Phi) is 4.75. The number of halogens is 1. The summed E-state index contributed by atoms with van der Waals surface area (Å²) in [5.41, 5.74) is 0. The SMILES string of the molecule is CCO[Si](OC)(OC)c1ccc(Cl)cc1. The second-order valence-electron chi connectivity index (χ2n) is 2.90. The normalized spacial score (nSPS) is 11.7. The average molecular weight is 247 g/mol. The van der Waals surface area contributed by atoms with Crippen LogP contribution in [0.2, 0.25) is 5.02 Å². The molecule has 0 saturated carbocycles. The second kappa shape index (κ2) is 5.63. The highest BCUT2D eigenvalue weighted by Crippen LogP contribution is 2.11. The Hall–Kier alpha value is -0.393. The van der Waals surface area contributed by atoms with E-state index in [4.69, 9.17) is 24.9 Å². The molecule has 0 aliphatic rings. The first-order valence-corrected chi connectivity index (χ1v) is 6.79. The molecule has 5 heteroatoms. The van der Waals surface area contributed by atoms with Crippen LogP contribution in [0.15, 0.2) is 24.3 Å². The maximum atomic E-state index is 5.82. The zero-order valence-corrected chi connectivity index (χ0v) is 10.9. The topological polar surface area (TPSA) is 27.7 Å². The van der Waals surface area contributed by atoms with E-state index in [-0.39, 0.29) is 0 Å². The van der Waals surface area contributed by atoms with Gasteiger partial charge in [0.2, 0.25) is 0 Å². The molecule has 0 aromatic heterocycles. The summed E-state index contributed by atoms with van der Waals surface area (Å²) in [5.74, 6) is 0. The molecule has 1 rings (SSSR count). The van der Waals surface area contributed by atoms with Gasteiger partial charge in [-0.2, -0.15) is 0 Å². The highest BCUT2D eigenvalue weighted by Gasteiger charge is 2.41. The Morgan fingerprint density at radius 3 is 2.07 bits per heavy atom. The quantitative estimate of drug-likeness (QED) is 0.742. The Balaban J connectivity index is 3.02. The van der Waals surface area contributed by atoms with Crippen molar-refractivity contribution in [2.75, 3.05) is 20.8 Å². The van der Waals surface area contributed by atoms with Crippen LogP contribution in [-0.4, -0.2) is 29.6 Å². The standard InChI is InChI=1S/C10H15ClO3Si/c1-4-14-15(12-2,13-3)10-7-5-9(11)6-8-10/h5-8H,4H2,1-3H3. The smallest absolute Gasteiger partial charge is 0.373 e. The average Bonchev–Trinajstić information content (AvgIpc) is 2.27. The van der Waals surface area contributed by atoms with Crippen LogP contribution < -0.4 is 5.19 Å². The van der Waals surface area contributed by atoms with Crippen molar-refractivity contribution in [2.45, 2.75) is 6.92 Å². The second-order valence-corrected chi connectivity index (χ2v) is 6.14. The summed E-state index contributed by atoms with van der Waals surface area (Å²) in [7, 11) is 0.493. The molecule has 0 radical (unpaired) electrons. The van der Waals surface area contributed by atoms with Crippen LogP contribution in [0, 0.1) is 0 Å². The number of rotatable bonds is 5. The highest BCUT2D eigenvalue weighted by molar-refractivity contribution is 6.75. The van der Waals surface area contributed by atoms with Crippen LogP contribution in [0.1, 0.15) is 6.92 Å². The first kappa shape index (κ1) is 12.7. The van der Waals surface area contributed by atoms with E-state index in [1.807, 2.05) is 19.1 Å². The molecule has 0 fully saturated rings.